The Hall–Kier alpha value is -1.91. The highest BCUT2D eigenvalue weighted by molar-refractivity contribution is 5.96. The van der Waals surface area contributed by atoms with Crippen LogP contribution in [-0.4, -0.2) is 29.7 Å². The minimum atomic E-state index is -1.49. The van der Waals surface area contributed by atoms with Crippen molar-refractivity contribution in [1.82, 2.24) is 5.32 Å². The molecule has 1 atom stereocenters. The topological polar surface area (TPSA) is 66.4 Å². The average molecular weight is 225 g/mol. The third-order valence-electron chi connectivity index (χ3n) is 2.04. The minimum absolute atomic E-state index is 0.319. The van der Waals surface area contributed by atoms with E-state index in [0.29, 0.717) is 5.56 Å². The summed E-state index contributed by atoms with van der Waals surface area (Å²) in [5, 5.41) is 10.7. The maximum atomic E-state index is 12.3. The van der Waals surface area contributed by atoms with Gasteiger partial charge in [0.15, 0.2) is 6.04 Å². The number of carbonyl (C=O) groups is 2. The maximum absolute atomic E-state index is 12.3. The first-order chi connectivity index (χ1) is 7.54. The smallest absolute Gasteiger partial charge is 0.328 e. The Morgan fingerprint density at radius 1 is 1.50 bits per heavy atom. The highest BCUT2D eigenvalue weighted by Gasteiger charge is 2.20. The summed E-state index contributed by atoms with van der Waals surface area (Å²) >= 11 is 0. The maximum Gasteiger partial charge on any atom is 0.328 e. The summed E-state index contributed by atoms with van der Waals surface area (Å²) < 4.78 is 12.3. The minimum Gasteiger partial charge on any atom is -0.480 e. The van der Waals surface area contributed by atoms with Gasteiger partial charge in [0.25, 0.3) is 5.91 Å². The van der Waals surface area contributed by atoms with E-state index in [0.717, 1.165) is 5.56 Å². The number of carbonyl (C=O) groups excluding carboxylic acids is 1. The number of nitrogens with one attached hydrogen (secondary N) is 1. The van der Waals surface area contributed by atoms with Crippen molar-refractivity contribution in [3.63, 3.8) is 0 Å². The van der Waals surface area contributed by atoms with Crippen molar-refractivity contribution in [2.45, 2.75) is 13.0 Å². The SMILES string of the molecule is Cc1cccc(C(=O)NC(CF)C(=O)O)c1. The van der Waals surface area contributed by atoms with Gasteiger partial charge in [-0.25, -0.2) is 9.18 Å². The van der Waals surface area contributed by atoms with E-state index in [4.69, 9.17) is 5.11 Å². The molecule has 0 aliphatic heterocycles. The van der Waals surface area contributed by atoms with Gasteiger partial charge in [-0.2, -0.15) is 0 Å². The van der Waals surface area contributed by atoms with E-state index in [2.05, 4.69) is 5.32 Å². The van der Waals surface area contributed by atoms with Crippen LogP contribution in [0.4, 0.5) is 4.39 Å². The van der Waals surface area contributed by atoms with Crippen LogP contribution in [0.15, 0.2) is 24.3 Å². The zero-order valence-corrected chi connectivity index (χ0v) is 8.74. The lowest BCUT2D eigenvalue weighted by Gasteiger charge is -2.10. The van der Waals surface area contributed by atoms with Crippen LogP contribution in [0.1, 0.15) is 15.9 Å². The van der Waals surface area contributed by atoms with Crippen molar-refractivity contribution in [2.24, 2.45) is 0 Å². The van der Waals surface area contributed by atoms with E-state index in [1.165, 1.54) is 0 Å². The quantitative estimate of drug-likeness (QED) is 0.807. The van der Waals surface area contributed by atoms with Gasteiger partial charge in [-0.15, -0.1) is 0 Å². The van der Waals surface area contributed by atoms with Crippen LogP contribution in [0.25, 0.3) is 0 Å². The first-order valence-corrected chi connectivity index (χ1v) is 4.71. The van der Waals surface area contributed by atoms with Crippen LogP contribution in [0.5, 0.6) is 0 Å². The van der Waals surface area contributed by atoms with E-state index in [1.807, 2.05) is 0 Å². The highest BCUT2D eigenvalue weighted by atomic mass is 19.1. The van der Waals surface area contributed by atoms with E-state index in [-0.39, 0.29) is 0 Å². The van der Waals surface area contributed by atoms with Gasteiger partial charge in [0.1, 0.15) is 6.67 Å². The molecule has 5 heteroatoms. The molecule has 0 spiro atoms. The fourth-order valence-electron chi connectivity index (χ4n) is 1.19. The lowest BCUT2D eigenvalue weighted by Crippen LogP contribution is -2.42. The molecule has 1 aromatic rings. The number of aryl methyl sites for hydroxylation is 1. The number of hydrogen-bond acceptors (Lipinski definition) is 2. The molecule has 4 nitrogen and oxygen atoms in total. The molecular formula is C11H12FNO3. The number of amides is 1. The van der Waals surface area contributed by atoms with E-state index < -0.39 is 24.6 Å². The van der Waals surface area contributed by atoms with Gasteiger partial charge in [-0.1, -0.05) is 17.7 Å². The second-order valence-corrected chi connectivity index (χ2v) is 3.39. The summed E-state index contributed by atoms with van der Waals surface area (Å²) in [5.41, 5.74) is 1.19. The summed E-state index contributed by atoms with van der Waals surface area (Å²) in [4.78, 5) is 22.0. The van der Waals surface area contributed by atoms with Gasteiger partial charge in [0.2, 0.25) is 0 Å². The standard InChI is InChI=1S/C11H12FNO3/c1-7-3-2-4-8(5-7)10(14)13-9(6-12)11(15)16/h2-5,9H,6H2,1H3,(H,13,14)(H,15,16). The second-order valence-electron chi connectivity index (χ2n) is 3.39. The monoisotopic (exact) mass is 225 g/mol. The van der Waals surface area contributed by atoms with E-state index >= 15 is 0 Å². The molecule has 0 bridgehead atoms. The second kappa shape index (κ2) is 5.25. The number of carboxylic acid groups (broad SMARTS) is 1. The Balaban J connectivity index is 2.75. The van der Waals surface area contributed by atoms with Gasteiger partial charge in [-0.3, -0.25) is 4.79 Å². The fourth-order valence-corrected chi connectivity index (χ4v) is 1.19. The van der Waals surface area contributed by atoms with Crippen molar-refractivity contribution in [3.05, 3.63) is 35.4 Å². The molecule has 16 heavy (non-hydrogen) atoms. The summed E-state index contributed by atoms with van der Waals surface area (Å²) in [6, 6.07) is 5.13. The van der Waals surface area contributed by atoms with E-state index in [1.54, 1.807) is 31.2 Å². The summed E-state index contributed by atoms with van der Waals surface area (Å²) in [7, 11) is 0. The molecule has 0 heterocycles. The molecule has 0 saturated carbocycles. The Kier molecular flexibility index (Phi) is 3.99. The molecule has 0 radical (unpaired) electrons. The average Bonchev–Trinajstić information content (AvgIpc) is 2.25. The van der Waals surface area contributed by atoms with Crippen molar-refractivity contribution >= 4 is 11.9 Å². The fraction of sp³-hybridized carbons (Fsp3) is 0.273. The number of hydrogen-bond donors (Lipinski definition) is 2. The molecule has 0 aliphatic rings. The first-order valence-electron chi connectivity index (χ1n) is 4.71. The van der Waals surface area contributed by atoms with Crippen LogP contribution in [0.3, 0.4) is 0 Å². The van der Waals surface area contributed by atoms with Gasteiger partial charge in [0, 0.05) is 5.56 Å². The van der Waals surface area contributed by atoms with Crippen molar-refractivity contribution < 1.29 is 19.1 Å². The number of benzene rings is 1. The van der Waals surface area contributed by atoms with Crippen molar-refractivity contribution in [1.29, 1.82) is 0 Å². The zero-order chi connectivity index (χ0) is 12.1. The van der Waals surface area contributed by atoms with Gasteiger partial charge in [-0.05, 0) is 19.1 Å². The molecule has 0 aromatic heterocycles. The molecule has 0 fully saturated rings. The molecule has 86 valence electrons. The summed E-state index contributed by atoms with van der Waals surface area (Å²) in [6.07, 6.45) is 0. The molecule has 1 rings (SSSR count). The summed E-state index contributed by atoms with van der Waals surface area (Å²) in [6.45, 7) is 0.674. The molecule has 0 saturated heterocycles. The number of carboxylic acids is 1. The van der Waals surface area contributed by atoms with Gasteiger partial charge >= 0.3 is 5.97 Å². The van der Waals surface area contributed by atoms with Gasteiger partial charge < -0.3 is 10.4 Å². The number of rotatable bonds is 4. The van der Waals surface area contributed by atoms with Crippen molar-refractivity contribution in [3.8, 4) is 0 Å². The highest BCUT2D eigenvalue weighted by Crippen LogP contribution is 2.04. The molecule has 1 unspecified atom stereocenters. The normalized spacial score (nSPS) is 11.9. The molecule has 0 aliphatic carbocycles. The van der Waals surface area contributed by atoms with Crippen LogP contribution in [-0.2, 0) is 4.79 Å². The Morgan fingerprint density at radius 3 is 2.69 bits per heavy atom. The Morgan fingerprint density at radius 2 is 2.19 bits per heavy atom. The largest absolute Gasteiger partial charge is 0.480 e. The van der Waals surface area contributed by atoms with Crippen LogP contribution >= 0.6 is 0 Å². The Bertz CT molecular complexity index is 406. The third kappa shape index (κ3) is 3.05. The van der Waals surface area contributed by atoms with Crippen LogP contribution in [0.2, 0.25) is 0 Å². The third-order valence-corrected chi connectivity index (χ3v) is 2.04. The summed E-state index contributed by atoms with van der Waals surface area (Å²) in [5.74, 6) is -1.97. The van der Waals surface area contributed by atoms with Gasteiger partial charge in [0.05, 0.1) is 0 Å². The first kappa shape index (κ1) is 12.2. The number of alkyl halides is 1. The molecule has 2 N–H and O–H groups in total. The molecular weight excluding hydrogens is 213 g/mol. The lowest BCUT2D eigenvalue weighted by molar-refractivity contribution is -0.139. The molecule has 1 amide bonds. The number of aliphatic carboxylic acids is 1. The zero-order valence-electron chi connectivity index (χ0n) is 8.74. The number of halogens is 1. The predicted molar refractivity (Wildman–Crippen MR) is 56.0 cm³/mol. The molecule has 1 aromatic carbocycles. The van der Waals surface area contributed by atoms with Crippen LogP contribution in [0, 0.1) is 6.92 Å². The van der Waals surface area contributed by atoms with Crippen molar-refractivity contribution in [2.75, 3.05) is 6.67 Å². The lowest BCUT2D eigenvalue weighted by atomic mass is 10.1. The van der Waals surface area contributed by atoms with E-state index in [9.17, 15) is 14.0 Å². The van der Waals surface area contributed by atoms with Crippen LogP contribution < -0.4 is 5.32 Å². The predicted octanol–water partition coefficient (Wildman–Crippen LogP) is 1.15. The Labute approximate surface area is 92.1 Å².